The van der Waals surface area contributed by atoms with E-state index < -0.39 is 12.4 Å². The van der Waals surface area contributed by atoms with Crippen LogP contribution in [0.1, 0.15) is 22.8 Å². The van der Waals surface area contributed by atoms with Crippen LogP contribution in [0.4, 0.5) is 15.8 Å². The number of amides is 2. The van der Waals surface area contributed by atoms with E-state index in [2.05, 4.69) is 5.10 Å². The van der Waals surface area contributed by atoms with E-state index in [-0.39, 0.29) is 23.0 Å². The van der Waals surface area contributed by atoms with Gasteiger partial charge in [0.2, 0.25) is 6.41 Å². The van der Waals surface area contributed by atoms with E-state index in [1.165, 1.54) is 11.0 Å². The van der Waals surface area contributed by atoms with Crippen molar-refractivity contribution in [3.63, 3.8) is 0 Å². The SMILES string of the molecule is CCN(C)/C(CO)=N\N(C=O)c1cc2c(cc1F)C(=O)N(c1ccccc1Cl)CC2. The monoisotopic (exact) mass is 432 g/mol. The molecular formula is C21H22ClFN4O3. The highest BCUT2D eigenvalue weighted by Gasteiger charge is 2.29. The first kappa shape index (κ1) is 21.7. The maximum atomic E-state index is 14.9. The minimum absolute atomic E-state index is 0.0850. The highest BCUT2D eigenvalue weighted by atomic mass is 35.5. The van der Waals surface area contributed by atoms with Crippen molar-refractivity contribution >= 4 is 41.1 Å². The molecule has 7 nitrogen and oxygen atoms in total. The fourth-order valence-electron chi connectivity index (χ4n) is 3.24. The fraction of sp³-hybridized carbons (Fsp3) is 0.286. The van der Waals surface area contributed by atoms with Gasteiger partial charge in [0, 0.05) is 25.7 Å². The van der Waals surface area contributed by atoms with Gasteiger partial charge >= 0.3 is 0 Å². The average molecular weight is 433 g/mol. The second-order valence-corrected chi connectivity index (χ2v) is 7.16. The van der Waals surface area contributed by atoms with Crippen molar-refractivity contribution in [2.75, 3.05) is 36.7 Å². The van der Waals surface area contributed by atoms with Crippen molar-refractivity contribution in [1.82, 2.24) is 4.90 Å². The summed E-state index contributed by atoms with van der Waals surface area (Å²) in [5.74, 6) is -0.921. The summed E-state index contributed by atoms with van der Waals surface area (Å²) in [6.45, 7) is 2.36. The zero-order valence-electron chi connectivity index (χ0n) is 16.7. The number of para-hydroxylation sites is 1. The first-order valence-electron chi connectivity index (χ1n) is 9.44. The number of nitrogens with zero attached hydrogens (tertiary/aromatic N) is 4. The number of likely N-dealkylation sites (N-methyl/N-ethyl adjacent to an activating group) is 1. The molecule has 1 N–H and O–H groups in total. The zero-order chi connectivity index (χ0) is 21.8. The molecule has 0 aliphatic carbocycles. The highest BCUT2D eigenvalue weighted by molar-refractivity contribution is 6.34. The maximum absolute atomic E-state index is 14.9. The van der Waals surface area contributed by atoms with Crippen LogP contribution in [0.25, 0.3) is 0 Å². The molecule has 2 aromatic carbocycles. The van der Waals surface area contributed by atoms with Crippen LogP contribution in [0.3, 0.4) is 0 Å². The van der Waals surface area contributed by atoms with Crippen molar-refractivity contribution < 1.29 is 19.1 Å². The van der Waals surface area contributed by atoms with E-state index in [0.29, 0.717) is 42.2 Å². The van der Waals surface area contributed by atoms with Crippen molar-refractivity contribution in [2.45, 2.75) is 13.3 Å². The lowest BCUT2D eigenvalue weighted by Gasteiger charge is -2.30. The third-order valence-corrected chi connectivity index (χ3v) is 5.34. The van der Waals surface area contributed by atoms with Gasteiger partial charge in [-0.05, 0) is 43.2 Å². The normalized spacial score (nSPS) is 13.8. The number of benzene rings is 2. The molecule has 0 saturated carbocycles. The molecule has 0 fully saturated rings. The number of hydrogen-bond donors (Lipinski definition) is 1. The van der Waals surface area contributed by atoms with Gasteiger partial charge in [0.1, 0.15) is 18.1 Å². The Labute approximate surface area is 178 Å². The van der Waals surface area contributed by atoms with Gasteiger partial charge in [-0.3, -0.25) is 9.59 Å². The molecule has 0 unspecified atom stereocenters. The Hall–Kier alpha value is -2.97. The molecule has 1 heterocycles. The largest absolute Gasteiger partial charge is 0.388 e. The number of rotatable bonds is 6. The summed E-state index contributed by atoms with van der Waals surface area (Å²) in [6, 6.07) is 9.54. The number of halogens is 2. The molecule has 0 saturated heterocycles. The van der Waals surface area contributed by atoms with Gasteiger partial charge in [-0.2, -0.15) is 5.01 Å². The summed E-state index contributed by atoms with van der Waals surface area (Å²) in [6.07, 6.45) is 0.822. The number of amidine groups is 1. The predicted octanol–water partition coefficient (Wildman–Crippen LogP) is 2.90. The van der Waals surface area contributed by atoms with Crippen LogP contribution in [0, 0.1) is 5.82 Å². The van der Waals surface area contributed by atoms with Crippen LogP contribution in [0.15, 0.2) is 41.5 Å². The van der Waals surface area contributed by atoms with Crippen molar-refractivity contribution in [3.8, 4) is 0 Å². The molecule has 30 heavy (non-hydrogen) atoms. The summed E-state index contributed by atoms with van der Waals surface area (Å²) < 4.78 is 14.9. The molecule has 9 heteroatoms. The summed E-state index contributed by atoms with van der Waals surface area (Å²) in [4.78, 5) is 27.7. The topological polar surface area (TPSA) is 76.5 Å². The summed E-state index contributed by atoms with van der Waals surface area (Å²) in [5.41, 5.74) is 1.30. The highest BCUT2D eigenvalue weighted by Crippen LogP contribution is 2.33. The van der Waals surface area contributed by atoms with Crippen LogP contribution >= 0.6 is 11.6 Å². The van der Waals surface area contributed by atoms with Crippen molar-refractivity contribution in [1.29, 1.82) is 0 Å². The van der Waals surface area contributed by atoms with Crippen LogP contribution in [-0.2, 0) is 11.2 Å². The first-order valence-corrected chi connectivity index (χ1v) is 9.81. The lowest BCUT2D eigenvalue weighted by molar-refractivity contribution is -0.107. The number of aliphatic hydroxyl groups excluding tert-OH is 1. The maximum Gasteiger partial charge on any atom is 0.258 e. The van der Waals surface area contributed by atoms with Crippen LogP contribution in [0.5, 0.6) is 0 Å². The predicted molar refractivity (Wildman–Crippen MR) is 115 cm³/mol. The lowest BCUT2D eigenvalue weighted by Crippen LogP contribution is -2.38. The Kier molecular flexibility index (Phi) is 6.69. The fourth-order valence-corrected chi connectivity index (χ4v) is 3.47. The molecule has 1 aliphatic rings. The number of hydrazone groups is 1. The van der Waals surface area contributed by atoms with Gasteiger partial charge in [-0.15, -0.1) is 5.10 Å². The van der Waals surface area contributed by atoms with Gasteiger partial charge in [0.05, 0.1) is 10.7 Å². The molecule has 0 bridgehead atoms. The van der Waals surface area contributed by atoms with E-state index in [4.69, 9.17) is 11.6 Å². The average Bonchev–Trinajstić information content (AvgIpc) is 2.75. The number of aliphatic hydroxyl groups is 1. The van der Waals surface area contributed by atoms with Crippen LogP contribution < -0.4 is 9.91 Å². The summed E-state index contributed by atoms with van der Waals surface area (Å²) in [5, 5.41) is 14.8. The minimum atomic E-state index is -0.768. The number of anilines is 2. The van der Waals surface area contributed by atoms with Crippen LogP contribution in [-0.4, -0.2) is 54.9 Å². The molecule has 2 aromatic rings. The molecule has 158 valence electrons. The van der Waals surface area contributed by atoms with Crippen LogP contribution in [0.2, 0.25) is 5.02 Å². The molecule has 0 atom stereocenters. The number of hydrogen-bond acceptors (Lipinski definition) is 4. The zero-order valence-corrected chi connectivity index (χ0v) is 17.4. The molecule has 0 aromatic heterocycles. The van der Waals surface area contributed by atoms with Gasteiger partial charge < -0.3 is 14.9 Å². The Bertz CT molecular complexity index is 998. The molecule has 0 radical (unpaired) electrons. The third-order valence-electron chi connectivity index (χ3n) is 5.02. The molecule has 1 aliphatic heterocycles. The minimum Gasteiger partial charge on any atom is -0.388 e. The molecule has 2 amide bonds. The van der Waals surface area contributed by atoms with E-state index >= 15 is 0 Å². The Morgan fingerprint density at radius 2 is 2.10 bits per heavy atom. The number of carbonyl (C=O) groups excluding carboxylic acids is 2. The third kappa shape index (κ3) is 4.15. The second kappa shape index (κ2) is 9.23. The van der Waals surface area contributed by atoms with E-state index in [1.54, 1.807) is 36.2 Å². The Balaban J connectivity index is 1.98. The summed E-state index contributed by atoms with van der Waals surface area (Å²) >= 11 is 6.21. The molecule has 3 rings (SSSR count). The van der Waals surface area contributed by atoms with Gasteiger partial charge in [-0.25, -0.2) is 4.39 Å². The van der Waals surface area contributed by atoms with Crippen molar-refractivity contribution in [3.05, 3.63) is 58.4 Å². The summed E-state index contributed by atoms with van der Waals surface area (Å²) in [7, 11) is 1.70. The van der Waals surface area contributed by atoms with Gasteiger partial charge in [0.15, 0.2) is 5.84 Å². The number of carbonyl (C=O) groups is 2. The molecule has 0 spiro atoms. The standard InChI is InChI=1S/C21H22ClFN4O3/c1-3-25(2)20(12-28)24-27(13-29)19-10-14-8-9-26(18-7-5-4-6-16(18)22)21(30)15(14)11-17(19)23/h4-7,10-11,13,28H,3,8-9,12H2,1-2H3/b24-20-. The molecular weight excluding hydrogens is 411 g/mol. The Morgan fingerprint density at radius 1 is 1.37 bits per heavy atom. The van der Waals surface area contributed by atoms with E-state index in [0.717, 1.165) is 11.1 Å². The second-order valence-electron chi connectivity index (χ2n) is 6.76. The Morgan fingerprint density at radius 3 is 2.73 bits per heavy atom. The lowest BCUT2D eigenvalue weighted by atomic mass is 9.97. The smallest absolute Gasteiger partial charge is 0.258 e. The number of fused-ring (bicyclic) bond motifs is 1. The van der Waals surface area contributed by atoms with Gasteiger partial charge in [0.25, 0.3) is 5.91 Å². The quantitative estimate of drug-likeness (QED) is 0.329. The van der Waals surface area contributed by atoms with E-state index in [1.807, 2.05) is 6.92 Å². The first-order chi connectivity index (χ1) is 14.4. The van der Waals surface area contributed by atoms with Gasteiger partial charge in [-0.1, -0.05) is 23.7 Å². The van der Waals surface area contributed by atoms with E-state index in [9.17, 15) is 19.1 Å². The van der Waals surface area contributed by atoms with Crippen molar-refractivity contribution in [2.24, 2.45) is 5.10 Å².